The molecule has 1 saturated heterocycles. The van der Waals surface area contributed by atoms with Crippen LogP contribution >= 0.6 is 11.6 Å². The summed E-state index contributed by atoms with van der Waals surface area (Å²) in [6.45, 7) is 2.85. The van der Waals surface area contributed by atoms with Gasteiger partial charge in [-0.15, -0.1) is 0 Å². The number of ether oxygens (including phenoxy) is 1. The van der Waals surface area contributed by atoms with Gasteiger partial charge in [0.1, 0.15) is 5.75 Å². The quantitative estimate of drug-likeness (QED) is 0.678. The van der Waals surface area contributed by atoms with Gasteiger partial charge in [-0.3, -0.25) is 4.79 Å². The highest BCUT2D eigenvalue weighted by Gasteiger charge is 2.35. The number of carbonyl (C=O) groups excluding carboxylic acids is 1. The van der Waals surface area contributed by atoms with Crippen molar-refractivity contribution in [2.24, 2.45) is 0 Å². The molecule has 0 aromatic heterocycles. The fraction of sp³-hybridized carbons (Fsp3) is 0.381. The zero-order valence-electron chi connectivity index (χ0n) is 15.8. The lowest BCUT2D eigenvalue weighted by atomic mass is 10.1. The highest BCUT2D eigenvalue weighted by molar-refractivity contribution is 7.91. The molecule has 0 N–H and O–H groups in total. The first kappa shape index (κ1) is 20.7. The van der Waals surface area contributed by atoms with Crippen molar-refractivity contribution >= 4 is 27.3 Å². The van der Waals surface area contributed by atoms with Crippen molar-refractivity contribution in [2.75, 3.05) is 18.1 Å². The molecule has 1 aliphatic rings. The normalized spacial score (nSPS) is 18.0. The summed E-state index contributed by atoms with van der Waals surface area (Å²) in [6, 6.07) is 14.0. The Kier molecular flexibility index (Phi) is 6.62. The lowest BCUT2D eigenvalue weighted by molar-refractivity contribution is 0.0680. The number of hydrogen-bond acceptors (Lipinski definition) is 4. The predicted molar refractivity (Wildman–Crippen MR) is 111 cm³/mol. The minimum atomic E-state index is -3.13. The number of nitrogens with zero attached hydrogens (tertiary/aromatic N) is 1. The molecule has 1 heterocycles. The van der Waals surface area contributed by atoms with Crippen LogP contribution in [0.1, 0.15) is 35.7 Å². The average Bonchev–Trinajstić information content (AvgIpc) is 3.05. The van der Waals surface area contributed by atoms with Crippen LogP contribution in [-0.4, -0.2) is 43.4 Å². The molecule has 0 bridgehead atoms. The van der Waals surface area contributed by atoms with Crippen LogP contribution in [0.3, 0.4) is 0 Å². The maximum atomic E-state index is 13.3. The van der Waals surface area contributed by atoms with E-state index in [1.807, 2.05) is 31.2 Å². The van der Waals surface area contributed by atoms with Crippen molar-refractivity contribution in [3.8, 4) is 5.75 Å². The Labute approximate surface area is 171 Å². The Balaban J connectivity index is 1.90. The smallest absolute Gasteiger partial charge is 0.254 e. The molecule has 28 heavy (non-hydrogen) atoms. The summed E-state index contributed by atoms with van der Waals surface area (Å²) in [6.07, 6.45) is 1.31. The third-order valence-corrected chi connectivity index (χ3v) is 6.88. The molecule has 5 nitrogen and oxygen atoms in total. The molecule has 2 aromatic carbocycles. The van der Waals surface area contributed by atoms with Gasteiger partial charge in [-0.2, -0.15) is 0 Å². The van der Waals surface area contributed by atoms with Crippen LogP contribution in [-0.2, 0) is 16.4 Å². The van der Waals surface area contributed by atoms with Crippen molar-refractivity contribution in [1.82, 2.24) is 4.90 Å². The van der Waals surface area contributed by atoms with Crippen LogP contribution in [0.4, 0.5) is 0 Å². The van der Waals surface area contributed by atoms with E-state index in [4.69, 9.17) is 16.3 Å². The van der Waals surface area contributed by atoms with Crippen LogP contribution in [0.15, 0.2) is 48.5 Å². The molecule has 0 spiro atoms. The first-order valence-electron chi connectivity index (χ1n) is 9.37. The van der Waals surface area contributed by atoms with Gasteiger partial charge in [-0.25, -0.2) is 8.42 Å². The summed E-state index contributed by atoms with van der Waals surface area (Å²) in [5.74, 6) is 0.493. The first-order valence-corrected chi connectivity index (χ1v) is 11.6. The minimum Gasteiger partial charge on any atom is -0.494 e. The van der Waals surface area contributed by atoms with Gasteiger partial charge in [0.15, 0.2) is 9.84 Å². The zero-order chi connectivity index (χ0) is 20.1. The summed E-state index contributed by atoms with van der Waals surface area (Å²) >= 11 is 6.29. The fourth-order valence-electron chi connectivity index (χ4n) is 3.30. The Morgan fingerprint density at radius 1 is 1.21 bits per heavy atom. The van der Waals surface area contributed by atoms with Gasteiger partial charge in [0.05, 0.1) is 18.1 Å². The van der Waals surface area contributed by atoms with Crippen molar-refractivity contribution in [3.05, 3.63) is 64.7 Å². The molecule has 1 fully saturated rings. The summed E-state index contributed by atoms with van der Waals surface area (Å²) in [5, 5.41) is 0.557. The molecule has 0 radical (unpaired) electrons. The van der Waals surface area contributed by atoms with Crippen molar-refractivity contribution < 1.29 is 17.9 Å². The molecule has 0 aliphatic carbocycles. The van der Waals surface area contributed by atoms with Gasteiger partial charge in [-0.05, 0) is 42.7 Å². The second-order valence-corrected chi connectivity index (χ2v) is 9.59. The van der Waals surface area contributed by atoms with Crippen molar-refractivity contribution in [1.29, 1.82) is 0 Å². The SMILES string of the molecule is CCCOc1cccc(C(=O)N(Cc2ccccc2Cl)[C@@H]2CCS(=O)(=O)C2)c1. The molecule has 7 heteroatoms. The zero-order valence-corrected chi connectivity index (χ0v) is 17.4. The van der Waals surface area contributed by atoms with E-state index in [0.717, 1.165) is 12.0 Å². The number of amides is 1. The number of sulfone groups is 1. The number of halogens is 1. The molecule has 1 atom stereocenters. The van der Waals surface area contributed by atoms with Gasteiger partial charge in [0.25, 0.3) is 5.91 Å². The van der Waals surface area contributed by atoms with E-state index in [-0.39, 0.29) is 30.0 Å². The Morgan fingerprint density at radius 2 is 2.00 bits per heavy atom. The Hall–Kier alpha value is -2.05. The Bertz CT molecular complexity index is 945. The predicted octanol–water partition coefficient (Wildman–Crippen LogP) is 3.96. The van der Waals surface area contributed by atoms with E-state index in [9.17, 15) is 13.2 Å². The highest BCUT2D eigenvalue weighted by Crippen LogP contribution is 2.26. The highest BCUT2D eigenvalue weighted by atomic mass is 35.5. The van der Waals surface area contributed by atoms with Crippen molar-refractivity contribution in [3.63, 3.8) is 0 Å². The molecule has 0 unspecified atom stereocenters. The minimum absolute atomic E-state index is 0.0186. The van der Waals surface area contributed by atoms with E-state index < -0.39 is 9.84 Å². The number of rotatable bonds is 7. The number of benzene rings is 2. The third-order valence-electron chi connectivity index (χ3n) is 4.76. The third kappa shape index (κ3) is 5.06. The molecule has 150 valence electrons. The van der Waals surface area contributed by atoms with E-state index in [2.05, 4.69) is 0 Å². The van der Waals surface area contributed by atoms with Gasteiger partial charge in [-0.1, -0.05) is 42.8 Å². The Morgan fingerprint density at radius 3 is 2.68 bits per heavy atom. The van der Waals surface area contributed by atoms with Gasteiger partial charge < -0.3 is 9.64 Å². The molecular formula is C21H24ClNO4S. The molecule has 1 amide bonds. The number of hydrogen-bond donors (Lipinski definition) is 0. The monoisotopic (exact) mass is 421 g/mol. The van der Waals surface area contributed by atoms with Gasteiger partial charge in [0, 0.05) is 23.2 Å². The van der Waals surface area contributed by atoms with Crippen LogP contribution in [0, 0.1) is 0 Å². The van der Waals surface area contributed by atoms with E-state index in [1.54, 1.807) is 29.2 Å². The maximum absolute atomic E-state index is 13.3. The largest absolute Gasteiger partial charge is 0.494 e. The van der Waals surface area contributed by atoms with E-state index in [1.165, 1.54) is 0 Å². The molecule has 3 rings (SSSR count). The van der Waals surface area contributed by atoms with E-state index in [0.29, 0.717) is 29.4 Å². The van der Waals surface area contributed by atoms with Crippen molar-refractivity contribution in [2.45, 2.75) is 32.4 Å². The second kappa shape index (κ2) is 8.97. The lowest BCUT2D eigenvalue weighted by Gasteiger charge is -2.29. The van der Waals surface area contributed by atoms with Crippen LogP contribution < -0.4 is 4.74 Å². The molecule has 2 aromatic rings. The fourth-order valence-corrected chi connectivity index (χ4v) is 5.23. The summed E-state index contributed by atoms with van der Waals surface area (Å²) in [5.41, 5.74) is 1.27. The summed E-state index contributed by atoms with van der Waals surface area (Å²) in [7, 11) is -3.13. The maximum Gasteiger partial charge on any atom is 0.254 e. The molecule has 0 saturated carbocycles. The van der Waals surface area contributed by atoms with Crippen LogP contribution in [0.2, 0.25) is 5.02 Å². The van der Waals surface area contributed by atoms with E-state index >= 15 is 0 Å². The lowest BCUT2D eigenvalue weighted by Crippen LogP contribution is -2.40. The first-order chi connectivity index (χ1) is 13.4. The standard InChI is InChI=1S/C21H24ClNO4S/c1-2-11-27-19-8-5-7-16(13-19)21(24)23(18-10-12-28(25,26)15-18)14-17-6-3-4-9-20(17)22/h3-9,13,18H,2,10-12,14-15H2,1H3/t18-/m1/s1. The molecular weight excluding hydrogens is 398 g/mol. The van der Waals surface area contributed by atoms with Gasteiger partial charge >= 0.3 is 0 Å². The topological polar surface area (TPSA) is 63.7 Å². The van der Waals surface area contributed by atoms with Gasteiger partial charge in [0.2, 0.25) is 0 Å². The summed E-state index contributed by atoms with van der Waals surface area (Å²) < 4.78 is 29.7. The number of carbonyl (C=O) groups is 1. The molecule has 1 aliphatic heterocycles. The average molecular weight is 422 g/mol. The summed E-state index contributed by atoms with van der Waals surface area (Å²) in [4.78, 5) is 14.9. The van der Waals surface area contributed by atoms with Crippen LogP contribution in [0.5, 0.6) is 5.75 Å². The second-order valence-electron chi connectivity index (χ2n) is 6.96. The van der Waals surface area contributed by atoms with Crippen LogP contribution in [0.25, 0.3) is 0 Å².